The Morgan fingerprint density at radius 2 is 0.844 bits per heavy atom. The van der Waals surface area contributed by atoms with Crippen LogP contribution in [0.3, 0.4) is 0 Å². The van der Waals surface area contributed by atoms with Gasteiger partial charge in [0.25, 0.3) is 0 Å². The van der Waals surface area contributed by atoms with Gasteiger partial charge in [-0.05, 0) is 60.1 Å². The zero-order chi connectivity index (χ0) is 21.8. The number of hydrogen-bond acceptors (Lipinski definition) is 4. The lowest BCUT2D eigenvalue weighted by molar-refractivity contribution is 1.07. The molecule has 0 fully saturated rings. The van der Waals surface area contributed by atoms with Crippen LogP contribution < -0.4 is 4.90 Å². The molecule has 154 valence electrons. The van der Waals surface area contributed by atoms with Crippen LogP contribution in [0.4, 0.5) is 17.1 Å². The summed E-state index contributed by atoms with van der Waals surface area (Å²) in [6.07, 6.45) is 0. The first kappa shape index (κ1) is 19.9. The molecule has 5 aromatic rings. The molecular formula is C27H19ClN4. The molecule has 0 aliphatic carbocycles. The molecule has 0 saturated carbocycles. The van der Waals surface area contributed by atoms with Gasteiger partial charge in [-0.25, -0.2) is 4.98 Å². The van der Waals surface area contributed by atoms with Crippen molar-refractivity contribution in [1.29, 1.82) is 0 Å². The molecule has 0 aliphatic rings. The van der Waals surface area contributed by atoms with Crippen molar-refractivity contribution in [2.24, 2.45) is 0 Å². The molecule has 4 nitrogen and oxygen atoms in total. The van der Waals surface area contributed by atoms with Crippen LogP contribution in [-0.2, 0) is 0 Å². The highest BCUT2D eigenvalue weighted by Gasteiger charge is 2.13. The molecule has 5 rings (SSSR count). The summed E-state index contributed by atoms with van der Waals surface area (Å²) in [5.41, 5.74) is 4.97. The van der Waals surface area contributed by atoms with Gasteiger partial charge in [0.2, 0.25) is 5.28 Å². The molecule has 1 aromatic heterocycles. The van der Waals surface area contributed by atoms with Gasteiger partial charge in [0.05, 0.1) is 0 Å². The third-order valence-corrected chi connectivity index (χ3v) is 5.22. The van der Waals surface area contributed by atoms with E-state index in [1.165, 1.54) is 0 Å². The third kappa shape index (κ3) is 4.22. The number of anilines is 3. The fraction of sp³-hybridized carbons (Fsp3) is 0. The van der Waals surface area contributed by atoms with Gasteiger partial charge in [0.15, 0.2) is 11.6 Å². The second-order valence-corrected chi connectivity index (χ2v) is 7.51. The molecular weight excluding hydrogens is 416 g/mol. The van der Waals surface area contributed by atoms with E-state index in [4.69, 9.17) is 11.6 Å². The van der Waals surface area contributed by atoms with Gasteiger partial charge in [-0.1, -0.05) is 66.7 Å². The quantitative estimate of drug-likeness (QED) is 0.290. The Bertz CT molecular complexity index is 1270. The molecule has 0 N–H and O–H groups in total. The minimum Gasteiger partial charge on any atom is -0.311 e. The Morgan fingerprint density at radius 1 is 0.438 bits per heavy atom. The van der Waals surface area contributed by atoms with E-state index in [1.807, 2.05) is 78.9 Å². The highest BCUT2D eigenvalue weighted by atomic mass is 35.5. The van der Waals surface area contributed by atoms with Gasteiger partial charge in [-0.15, -0.1) is 0 Å². The van der Waals surface area contributed by atoms with Crippen molar-refractivity contribution in [2.45, 2.75) is 0 Å². The molecule has 0 unspecified atom stereocenters. The van der Waals surface area contributed by atoms with Crippen molar-refractivity contribution < 1.29 is 0 Å². The second-order valence-electron chi connectivity index (χ2n) is 7.17. The molecule has 32 heavy (non-hydrogen) atoms. The lowest BCUT2D eigenvalue weighted by atomic mass is 10.1. The van der Waals surface area contributed by atoms with E-state index in [0.717, 1.165) is 28.2 Å². The number of hydrogen-bond donors (Lipinski definition) is 0. The zero-order valence-corrected chi connectivity index (χ0v) is 17.9. The zero-order valence-electron chi connectivity index (χ0n) is 17.1. The first-order valence-corrected chi connectivity index (χ1v) is 10.6. The number of aromatic nitrogens is 3. The van der Waals surface area contributed by atoms with E-state index in [9.17, 15) is 0 Å². The molecule has 1 heterocycles. The summed E-state index contributed by atoms with van der Waals surface area (Å²) in [6, 6.07) is 38.5. The minimum atomic E-state index is 0.174. The van der Waals surface area contributed by atoms with E-state index in [0.29, 0.717) is 11.6 Å². The molecule has 0 saturated heterocycles. The number of nitrogens with zero attached hydrogens (tertiary/aromatic N) is 4. The second kappa shape index (κ2) is 9.00. The summed E-state index contributed by atoms with van der Waals surface area (Å²) in [5.74, 6) is 1.10. The normalized spacial score (nSPS) is 10.7. The third-order valence-electron chi connectivity index (χ3n) is 5.05. The lowest BCUT2D eigenvalue weighted by Gasteiger charge is -2.25. The summed E-state index contributed by atoms with van der Waals surface area (Å²) in [5, 5.41) is 0.174. The van der Waals surface area contributed by atoms with Gasteiger partial charge < -0.3 is 4.90 Å². The van der Waals surface area contributed by atoms with Crippen molar-refractivity contribution in [1.82, 2.24) is 15.0 Å². The fourth-order valence-electron chi connectivity index (χ4n) is 3.56. The van der Waals surface area contributed by atoms with Gasteiger partial charge in [-0.2, -0.15) is 9.97 Å². The summed E-state index contributed by atoms with van der Waals surface area (Å²) in [7, 11) is 0. The van der Waals surface area contributed by atoms with Crippen LogP contribution in [0.15, 0.2) is 115 Å². The van der Waals surface area contributed by atoms with Crippen LogP contribution in [0, 0.1) is 0 Å². The van der Waals surface area contributed by atoms with Crippen LogP contribution >= 0.6 is 11.6 Å². The molecule has 0 amide bonds. The Morgan fingerprint density at radius 3 is 1.34 bits per heavy atom. The van der Waals surface area contributed by atoms with Gasteiger partial charge in [-0.3, -0.25) is 0 Å². The predicted octanol–water partition coefficient (Wildman–Crippen LogP) is 7.33. The van der Waals surface area contributed by atoms with E-state index >= 15 is 0 Å². The molecule has 0 spiro atoms. The smallest absolute Gasteiger partial charge is 0.226 e. The molecule has 4 aromatic carbocycles. The van der Waals surface area contributed by atoms with Gasteiger partial charge in [0, 0.05) is 28.2 Å². The van der Waals surface area contributed by atoms with Crippen molar-refractivity contribution >= 4 is 28.7 Å². The average molecular weight is 435 g/mol. The Labute approximate surface area is 191 Å². The molecule has 0 radical (unpaired) electrons. The van der Waals surface area contributed by atoms with Crippen LogP contribution in [0.25, 0.3) is 22.8 Å². The Kier molecular flexibility index (Phi) is 5.60. The van der Waals surface area contributed by atoms with Gasteiger partial charge in [0.1, 0.15) is 0 Å². The van der Waals surface area contributed by atoms with Crippen molar-refractivity contribution in [3.8, 4) is 22.8 Å². The fourth-order valence-corrected chi connectivity index (χ4v) is 3.72. The maximum atomic E-state index is 6.22. The highest BCUT2D eigenvalue weighted by Crippen LogP contribution is 2.35. The summed E-state index contributed by atoms with van der Waals surface area (Å²) < 4.78 is 0. The van der Waals surface area contributed by atoms with Crippen molar-refractivity contribution in [3.63, 3.8) is 0 Å². The number of benzene rings is 4. The SMILES string of the molecule is Clc1nc(-c2ccccc2)nc(-c2ccc(N(c3ccccc3)c3ccccc3)cc2)n1. The largest absolute Gasteiger partial charge is 0.311 e. The van der Waals surface area contributed by atoms with Crippen LogP contribution in [0.1, 0.15) is 0 Å². The van der Waals surface area contributed by atoms with Crippen molar-refractivity contribution in [2.75, 3.05) is 4.90 Å². The summed E-state index contributed by atoms with van der Waals surface area (Å²) in [4.78, 5) is 15.5. The first-order chi connectivity index (χ1) is 15.8. The molecule has 0 bridgehead atoms. The van der Waals surface area contributed by atoms with E-state index in [-0.39, 0.29) is 5.28 Å². The topological polar surface area (TPSA) is 41.9 Å². The number of rotatable bonds is 5. The monoisotopic (exact) mass is 434 g/mol. The summed E-state index contributed by atoms with van der Waals surface area (Å²) >= 11 is 6.22. The van der Waals surface area contributed by atoms with Gasteiger partial charge >= 0.3 is 0 Å². The standard InChI is InChI=1S/C27H19ClN4/c28-27-30-25(20-10-4-1-5-11-20)29-26(31-27)21-16-18-24(19-17-21)32(22-12-6-2-7-13-22)23-14-8-3-9-15-23/h1-19H. The first-order valence-electron chi connectivity index (χ1n) is 10.3. The maximum Gasteiger partial charge on any atom is 0.226 e. The molecule has 0 aliphatic heterocycles. The number of halogens is 1. The van der Waals surface area contributed by atoms with E-state index in [2.05, 4.69) is 56.3 Å². The van der Waals surface area contributed by atoms with Crippen molar-refractivity contribution in [3.05, 3.63) is 121 Å². The summed E-state index contributed by atoms with van der Waals surface area (Å²) in [6.45, 7) is 0. The minimum absolute atomic E-state index is 0.174. The van der Waals surface area contributed by atoms with Crippen LogP contribution in [-0.4, -0.2) is 15.0 Å². The Hall–Kier alpha value is -4.02. The molecule has 0 atom stereocenters. The van der Waals surface area contributed by atoms with E-state index < -0.39 is 0 Å². The molecule has 5 heteroatoms. The lowest BCUT2D eigenvalue weighted by Crippen LogP contribution is -2.09. The van der Waals surface area contributed by atoms with Crippen LogP contribution in [0.5, 0.6) is 0 Å². The highest BCUT2D eigenvalue weighted by molar-refractivity contribution is 6.28. The Balaban J connectivity index is 1.53. The predicted molar refractivity (Wildman–Crippen MR) is 130 cm³/mol. The van der Waals surface area contributed by atoms with Crippen LogP contribution in [0.2, 0.25) is 5.28 Å². The number of para-hydroxylation sites is 2. The average Bonchev–Trinajstić information content (AvgIpc) is 2.86. The van der Waals surface area contributed by atoms with E-state index in [1.54, 1.807) is 0 Å². The maximum absolute atomic E-state index is 6.22.